The lowest BCUT2D eigenvalue weighted by Crippen LogP contribution is -2.36. The number of aromatic nitrogens is 1. The van der Waals surface area contributed by atoms with Crippen LogP contribution in [0, 0.1) is 5.82 Å². The van der Waals surface area contributed by atoms with Crippen molar-refractivity contribution in [1.82, 2.24) is 9.88 Å². The Morgan fingerprint density at radius 2 is 2.04 bits per heavy atom. The number of nitrogens with one attached hydrogen (secondary N) is 1. The summed E-state index contributed by atoms with van der Waals surface area (Å²) in [5.74, 6) is 0.189. The minimum absolute atomic E-state index is 0.0124. The van der Waals surface area contributed by atoms with Crippen molar-refractivity contribution in [2.45, 2.75) is 25.8 Å². The Morgan fingerprint density at radius 3 is 2.79 bits per heavy atom. The molecule has 24 heavy (non-hydrogen) atoms. The zero-order chi connectivity index (χ0) is 16.9. The molecule has 126 valence electrons. The number of piperidine rings is 1. The molecule has 1 aliphatic rings. The second-order valence-electron chi connectivity index (χ2n) is 5.84. The van der Waals surface area contributed by atoms with E-state index in [0.29, 0.717) is 21.4 Å². The number of hydrogen-bond donors (Lipinski definition) is 1. The molecule has 2 aromatic rings. The quantitative estimate of drug-likeness (QED) is 0.848. The number of rotatable bonds is 4. The first-order valence-corrected chi connectivity index (χ1v) is 8.86. The van der Waals surface area contributed by atoms with E-state index in [0.717, 1.165) is 25.9 Å². The zero-order valence-electron chi connectivity index (χ0n) is 13.3. The van der Waals surface area contributed by atoms with E-state index in [2.05, 4.69) is 26.2 Å². The van der Waals surface area contributed by atoms with Crippen LogP contribution < -0.4 is 5.32 Å². The Balaban J connectivity index is 1.75. The molecule has 0 radical (unpaired) electrons. The van der Waals surface area contributed by atoms with Crippen LogP contribution in [0.1, 0.15) is 35.2 Å². The fourth-order valence-corrected chi connectivity index (χ4v) is 3.16. The number of benzene rings is 1. The molecule has 6 heteroatoms. The molecule has 4 nitrogen and oxygen atoms in total. The number of amides is 1. The molecule has 0 aliphatic carbocycles. The molecular formula is C18H19BrFN3O. The lowest BCUT2D eigenvalue weighted by Gasteiger charge is -2.27. The van der Waals surface area contributed by atoms with Gasteiger partial charge in [0.25, 0.3) is 5.91 Å². The van der Waals surface area contributed by atoms with E-state index in [-0.39, 0.29) is 18.3 Å². The van der Waals surface area contributed by atoms with E-state index in [1.54, 1.807) is 30.5 Å². The number of nitrogens with zero attached hydrogens (tertiary/aromatic N) is 2. The summed E-state index contributed by atoms with van der Waals surface area (Å²) in [5, 5.41) is 3.10. The van der Waals surface area contributed by atoms with Crippen molar-refractivity contribution < 1.29 is 9.18 Å². The maximum atomic E-state index is 13.9. The highest BCUT2D eigenvalue weighted by molar-refractivity contribution is 9.10. The molecule has 1 aliphatic heterocycles. The minimum atomic E-state index is -0.295. The van der Waals surface area contributed by atoms with Gasteiger partial charge >= 0.3 is 0 Å². The lowest BCUT2D eigenvalue weighted by atomic mass is 10.1. The van der Waals surface area contributed by atoms with Gasteiger partial charge in [-0.1, -0.05) is 22.0 Å². The number of anilines is 1. The number of carbonyl (C=O) groups is 1. The SMILES string of the molecule is O=C(c1cccnc1NCc1ccc(Br)cc1F)N1CCCCC1. The Kier molecular flexibility index (Phi) is 5.45. The van der Waals surface area contributed by atoms with E-state index in [1.807, 2.05) is 4.90 Å². The minimum Gasteiger partial charge on any atom is -0.365 e. The van der Waals surface area contributed by atoms with Crippen molar-refractivity contribution in [3.05, 3.63) is 57.9 Å². The summed E-state index contributed by atoms with van der Waals surface area (Å²) in [7, 11) is 0. The monoisotopic (exact) mass is 391 g/mol. The summed E-state index contributed by atoms with van der Waals surface area (Å²) in [6, 6.07) is 8.45. The second-order valence-corrected chi connectivity index (χ2v) is 6.76. The van der Waals surface area contributed by atoms with E-state index in [9.17, 15) is 9.18 Å². The number of pyridine rings is 1. The molecule has 1 saturated heterocycles. The molecule has 0 bridgehead atoms. The van der Waals surface area contributed by atoms with Gasteiger partial charge < -0.3 is 10.2 Å². The fraction of sp³-hybridized carbons (Fsp3) is 0.333. The highest BCUT2D eigenvalue weighted by atomic mass is 79.9. The van der Waals surface area contributed by atoms with Crippen molar-refractivity contribution in [1.29, 1.82) is 0 Å². The molecule has 0 unspecified atom stereocenters. The third kappa shape index (κ3) is 3.93. The Labute approximate surface area is 149 Å². The van der Waals surface area contributed by atoms with Crippen LogP contribution in [0.15, 0.2) is 41.0 Å². The van der Waals surface area contributed by atoms with Crippen LogP contribution >= 0.6 is 15.9 Å². The van der Waals surface area contributed by atoms with Crippen molar-refractivity contribution in [2.24, 2.45) is 0 Å². The van der Waals surface area contributed by atoms with Crippen molar-refractivity contribution in [3.8, 4) is 0 Å². The summed E-state index contributed by atoms with van der Waals surface area (Å²) in [6.45, 7) is 1.85. The van der Waals surface area contributed by atoms with E-state index in [4.69, 9.17) is 0 Å². The largest absolute Gasteiger partial charge is 0.365 e. The van der Waals surface area contributed by atoms with Crippen LogP contribution in [0.4, 0.5) is 10.2 Å². The van der Waals surface area contributed by atoms with E-state index >= 15 is 0 Å². The summed E-state index contributed by atoms with van der Waals surface area (Å²) < 4.78 is 14.6. The average Bonchev–Trinajstić information content (AvgIpc) is 2.61. The Bertz CT molecular complexity index is 732. The normalized spacial score (nSPS) is 14.5. The molecule has 1 aromatic heterocycles. The van der Waals surface area contributed by atoms with Crippen LogP contribution in [0.5, 0.6) is 0 Å². The van der Waals surface area contributed by atoms with Crippen molar-refractivity contribution >= 4 is 27.7 Å². The molecule has 2 heterocycles. The summed E-state index contributed by atoms with van der Waals surface area (Å²) in [4.78, 5) is 18.8. The molecule has 0 atom stereocenters. The zero-order valence-corrected chi connectivity index (χ0v) is 14.9. The topological polar surface area (TPSA) is 45.2 Å². The average molecular weight is 392 g/mol. The first-order valence-electron chi connectivity index (χ1n) is 8.07. The fourth-order valence-electron chi connectivity index (χ4n) is 2.83. The highest BCUT2D eigenvalue weighted by Gasteiger charge is 2.21. The van der Waals surface area contributed by atoms with Gasteiger partial charge in [-0.15, -0.1) is 0 Å². The van der Waals surface area contributed by atoms with Crippen molar-refractivity contribution in [2.75, 3.05) is 18.4 Å². The number of carbonyl (C=O) groups excluding carboxylic acids is 1. The lowest BCUT2D eigenvalue weighted by molar-refractivity contribution is 0.0725. The van der Waals surface area contributed by atoms with Crippen LogP contribution in [0.2, 0.25) is 0 Å². The number of halogens is 2. The molecule has 0 saturated carbocycles. The maximum absolute atomic E-state index is 13.9. The van der Waals surface area contributed by atoms with Crippen LogP contribution in [0.3, 0.4) is 0 Å². The summed E-state index contributed by atoms with van der Waals surface area (Å²) in [5.41, 5.74) is 1.07. The second kappa shape index (κ2) is 7.75. The first kappa shape index (κ1) is 16.9. The van der Waals surface area contributed by atoms with Gasteiger partial charge in [0.15, 0.2) is 0 Å². The van der Waals surface area contributed by atoms with Crippen molar-refractivity contribution in [3.63, 3.8) is 0 Å². The summed E-state index contributed by atoms with van der Waals surface area (Å²) >= 11 is 3.24. The Morgan fingerprint density at radius 1 is 1.25 bits per heavy atom. The molecule has 1 fully saturated rings. The smallest absolute Gasteiger partial charge is 0.257 e. The Hall–Kier alpha value is -1.95. The van der Waals surface area contributed by atoms with E-state index in [1.165, 1.54) is 12.5 Å². The first-order chi connectivity index (χ1) is 11.6. The van der Waals surface area contributed by atoms with Gasteiger partial charge in [0, 0.05) is 35.9 Å². The maximum Gasteiger partial charge on any atom is 0.257 e. The molecule has 0 spiro atoms. The van der Waals surface area contributed by atoms with Gasteiger partial charge in [-0.2, -0.15) is 0 Å². The predicted octanol–water partition coefficient (Wildman–Crippen LogP) is 4.22. The molecule has 3 rings (SSSR count). The van der Waals surface area contributed by atoms with Gasteiger partial charge in [0.05, 0.1) is 5.56 Å². The van der Waals surface area contributed by atoms with Gasteiger partial charge in [0.1, 0.15) is 11.6 Å². The molecule has 1 amide bonds. The van der Waals surface area contributed by atoms with Gasteiger partial charge in [-0.25, -0.2) is 9.37 Å². The number of likely N-dealkylation sites (tertiary alicyclic amines) is 1. The van der Waals surface area contributed by atoms with Gasteiger partial charge in [0.2, 0.25) is 0 Å². The molecule has 1 aromatic carbocycles. The summed E-state index contributed by atoms with van der Waals surface area (Å²) in [6.07, 6.45) is 4.88. The highest BCUT2D eigenvalue weighted by Crippen LogP contribution is 2.20. The standard InChI is InChI=1S/C18H19BrFN3O/c19-14-7-6-13(16(20)11-14)12-22-17-15(5-4-8-21-17)18(24)23-9-2-1-3-10-23/h4-8,11H,1-3,9-10,12H2,(H,21,22). The predicted molar refractivity (Wildman–Crippen MR) is 95.4 cm³/mol. The van der Waals surface area contributed by atoms with Crippen LogP contribution in [-0.2, 0) is 6.54 Å². The van der Waals surface area contributed by atoms with Gasteiger partial charge in [-0.3, -0.25) is 4.79 Å². The molecular weight excluding hydrogens is 373 g/mol. The van der Waals surface area contributed by atoms with Crippen LogP contribution in [-0.4, -0.2) is 28.9 Å². The third-order valence-electron chi connectivity index (χ3n) is 4.14. The van der Waals surface area contributed by atoms with Gasteiger partial charge in [-0.05, 0) is 43.5 Å². The number of hydrogen-bond acceptors (Lipinski definition) is 3. The van der Waals surface area contributed by atoms with Crippen LogP contribution in [0.25, 0.3) is 0 Å². The van der Waals surface area contributed by atoms with E-state index < -0.39 is 0 Å². The third-order valence-corrected chi connectivity index (χ3v) is 4.64. The molecule has 1 N–H and O–H groups in total.